The van der Waals surface area contributed by atoms with Crippen LogP contribution in [-0.4, -0.2) is 16.9 Å². The number of amides is 1. The lowest BCUT2D eigenvalue weighted by Crippen LogP contribution is -2.39. The van der Waals surface area contributed by atoms with Gasteiger partial charge in [-0.25, -0.2) is 4.98 Å². The number of hydrogen-bond acceptors (Lipinski definition) is 2. The van der Waals surface area contributed by atoms with Gasteiger partial charge in [-0.15, -0.1) is 0 Å². The summed E-state index contributed by atoms with van der Waals surface area (Å²) in [7, 11) is 0. The van der Waals surface area contributed by atoms with Crippen LogP contribution in [0.1, 0.15) is 49.5 Å². The molecule has 1 amide bonds. The maximum atomic E-state index is 12.2. The third kappa shape index (κ3) is 3.83. The molecule has 19 heavy (non-hydrogen) atoms. The first-order valence-corrected chi connectivity index (χ1v) is 7.46. The van der Waals surface area contributed by atoms with Crippen LogP contribution in [0.2, 0.25) is 10.2 Å². The molecular formula is C14H18Cl2N2O. The molecular weight excluding hydrogens is 283 g/mol. The van der Waals surface area contributed by atoms with Gasteiger partial charge in [0.1, 0.15) is 10.8 Å². The summed E-state index contributed by atoms with van der Waals surface area (Å²) in [5.74, 6) is 0.260. The summed E-state index contributed by atoms with van der Waals surface area (Å²) in [5, 5.41) is 3.67. The van der Waals surface area contributed by atoms with Gasteiger partial charge in [-0.05, 0) is 30.9 Å². The largest absolute Gasteiger partial charge is 0.348 e. The molecule has 1 fully saturated rings. The zero-order chi connectivity index (χ0) is 13.8. The van der Waals surface area contributed by atoms with Crippen LogP contribution in [0.4, 0.5) is 0 Å². The van der Waals surface area contributed by atoms with Crippen molar-refractivity contribution < 1.29 is 4.79 Å². The van der Waals surface area contributed by atoms with Crippen LogP contribution in [0, 0.1) is 5.92 Å². The number of nitrogens with zero attached hydrogens (tertiary/aromatic N) is 1. The van der Waals surface area contributed by atoms with E-state index in [0.717, 1.165) is 19.3 Å². The third-order valence-corrected chi connectivity index (χ3v) is 4.22. The van der Waals surface area contributed by atoms with Gasteiger partial charge in [0.15, 0.2) is 0 Å². The quantitative estimate of drug-likeness (QED) is 0.660. The van der Waals surface area contributed by atoms with E-state index in [-0.39, 0.29) is 22.8 Å². The molecule has 0 saturated heterocycles. The molecule has 0 spiro atoms. The number of nitrogens with one attached hydrogen (secondary N) is 1. The smallest absolute Gasteiger partial charge is 0.271 e. The van der Waals surface area contributed by atoms with E-state index in [4.69, 9.17) is 23.2 Å². The van der Waals surface area contributed by atoms with Gasteiger partial charge in [0.05, 0.1) is 5.02 Å². The predicted molar refractivity (Wildman–Crippen MR) is 77.8 cm³/mol. The average Bonchev–Trinajstić information content (AvgIpc) is 2.58. The Bertz CT molecular complexity index is 465. The molecule has 0 aromatic carbocycles. The Hall–Kier alpha value is -0.800. The number of carbonyl (C=O) groups is 1. The van der Waals surface area contributed by atoms with E-state index in [1.807, 2.05) is 0 Å². The molecule has 0 radical (unpaired) electrons. The standard InChI is InChI=1S/C14H18Cl2N2O/c1-9-5-3-2-4-6-11(9)17-14(19)13-10(15)7-8-12(16)18-13/h7-9,11H,2-6H2,1H3,(H,17,19). The fraction of sp³-hybridized carbons (Fsp3) is 0.571. The lowest BCUT2D eigenvalue weighted by molar-refractivity contribution is 0.0916. The van der Waals surface area contributed by atoms with E-state index in [1.54, 1.807) is 12.1 Å². The van der Waals surface area contributed by atoms with Crippen molar-refractivity contribution in [1.29, 1.82) is 0 Å². The van der Waals surface area contributed by atoms with Gasteiger partial charge in [0.25, 0.3) is 5.91 Å². The SMILES string of the molecule is CC1CCCCCC1NC(=O)c1nc(Cl)ccc1Cl. The van der Waals surface area contributed by atoms with Gasteiger partial charge >= 0.3 is 0 Å². The molecule has 5 heteroatoms. The average molecular weight is 301 g/mol. The fourth-order valence-electron chi connectivity index (χ4n) is 2.52. The fourth-order valence-corrected chi connectivity index (χ4v) is 2.86. The molecule has 0 aliphatic heterocycles. The normalized spacial score (nSPS) is 23.7. The van der Waals surface area contributed by atoms with E-state index in [2.05, 4.69) is 17.2 Å². The van der Waals surface area contributed by atoms with Crippen LogP contribution in [0.3, 0.4) is 0 Å². The summed E-state index contributed by atoms with van der Waals surface area (Å²) in [6, 6.07) is 3.38. The van der Waals surface area contributed by atoms with Crippen molar-refractivity contribution >= 4 is 29.1 Å². The highest BCUT2D eigenvalue weighted by Gasteiger charge is 2.23. The lowest BCUT2D eigenvalue weighted by Gasteiger charge is -2.22. The molecule has 1 aromatic heterocycles. The Kier molecular flexibility index (Phi) is 5.06. The summed E-state index contributed by atoms with van der Waals surface area (Å²) in [4.78, 5) is 16.2. The third-order valence-electron chi connectivity index (χ3n) is 3.71. The molecule has 1 N–H and O–H groups in total. The van der Waals surface area contributed by atoms with E-state index < -0.39 is 0 Å². The minimum absolute atomic E-state index is 0.201. The zero-order valence-corrected chi connectivity index (χ0v) is 12.5. The van der Waals surface area contributed by atoms with Crippen LogP contribution >= 0.6 is 23.2 Å². The zero-order valence-electron chi connectivity index (χ0n) is 11.0. The molecule has 0 bridgehead atoms. The molecule has 2 atom stereocenters. The second-order valence-corrected chi connectivity index (χ2v) is 5.95. The molecule has 2 unspecified atom stereocenters. The van der Waals surface area contributed by atoms with Gasteiger partial charge in [-0.1, -0.05) is 49.4 Å². The number of aromatic nitrogens is 1. The number of carbonyl (C=O) groups excluding carboxylic acids is 1. The van der Waals surface area contributed by atoms with Crippen molar-refractivity contribution in [2.75, 3.05) is 0 Å². The number of hydrogen-bond donors (Lipinski definition) is 1. The first-order valence-electron chi connectivity index (χ1n) is 6.71. The van der Waals surface area contributed by atoms with Crippen LogP contribution in [0.5, 0.6) is 0 Å². The van der Waals surface area contributed by atoms with Gasteiger partial charge in [0.2, 0.25) is 0 Å². The number of pyridine rings is 1. The maximum absolute atomic E-state index is 12.2. The second-order valence-electron chi connectivity index (χ2n) is 5.16. The molecule has 104 valence electrons. The topological polar surface area (TPSA) is 42.0 Å². The lowest BCUT2D eigenvalue weighted by atomic mass is 9.97. The predicted octanol–water partition coefficient (Wildman–Crippen LogP) is 4.09. The Morgan fingerprint density at radius 3 is 2.79 bits per heavy atom. The minimum atomic E-state index is -0.230. The maximum Gasteiger partial charge on any atom is 0.271 e. The van der Waals surface area contributed by atoms with Crippen LogP contribution < -0.4 is 5.32 Å². The van der Waals surface area contributed by atoms with Gasteiger partial charge in [-0.3, -0.25) is 4.79 Å². The Balaban J connectivity index is 2.09. The van der Waals surface area contributed by atoms with Gasteiger partial charge < -0.3 is 5.32 Å². The van der Waals surface area contributed by atoms with Gasteiger partial charge in [0, 0.05) is 6.04 Å². The first kappa shape index (κ1) is 14.6. The van der Waals surface area contributed by atoms with Crippen molar-refractivity contribution in [1.82, 2.24) is 10.3 Å². The molecule has 1 aromatic rings. The summed E-state index contributed by atoms with van der Waals surface area (Å²) in [5.41, 5.74) is 0.214. The Morgan fingerprint density at radius 2 is 2.00 bits per heavy atom. The monoisotopic (exact) mass is 300 g/mol. The van der Waals surface area contributed by atoms with Crippen molar-refractivity contribution in [3.05, 3.63) is 28.0 Å². The number of halogens is 2. The highest BCUT2D eigenvalue weighted by atomic mass is 35.5. The van der Waals surface area contributed by atoms with E-state index in [9.17, 15) is 4.79 Å². The summed E-state index contributed by atoms with van der Waals surface area (Å²) in [6.45, 7) is 2.18. The van der Waals surface area contributed by atoms with Crippen molar-refractivity contribution in [2.24, 2.45) is 5.92 Å². The molecule has 1 saturated carbocycles. The van der Waals surface area contributed by atoms with Crippen molar-refractivity contribution in [2.45, 2.75) is 45.1 Å². The number of rotatable bonds is 2. The highest BCUT2D eigenvalue weighted by molar-refractivity contribution is 6.34. The molecule has 1 aliphatic carbocycles. The minimum Gasteiger partial charge on any atom is -0.348 e. The van der Waals surface area contributed by atoms with Crippen LogP contribution in [0.25, 0.3) is 0 Å². The van der Waals surface area contributed by atoms with Crippen molar-refractivity contribution in [3.63, 3.8) is 0 Å². The Morgan fingerprint density at radius 1 is 1.26 bits per heavy atom. The molecule has 2 rings (SSSR count). The van der Waals surface area contributed by atoms with Crippen molar-refractivity contribution in [3.8, 4) is 0 Å². The first-order chi connectivity index (χ1) is 9.08. The molecule has 1 aliphatic rings. The molecule has 1 heterocycles. The summed E-state index contributed by atoms with van der Waals surface area (Å²) >= 11 is 11.8. The second kappa shape index (κ2) is 6.58. The van der Waals surface area contributed by atoms with E-state index in [0.29, 0.717) is 10.9 Å². The summed E-state index contributed by atoms with van der Waals surface area (Å²) < 4.78 is 0. The van der Waals surface area contributed by atoms with E-state index >= 15 is 0 Å². The van der Waals surface area contributed by atoms with Crippen LogP contribution in [-0.2, 0) is 0 Å². The molecule has 3 nitrogen and oxygen atoms in total. The highest BCUT2D eigenvalue weighted by Crippen LogP contribution is 2.24. The summed E-state index contributed by atoms with van der Waals surface area (Å²) in [6.07, 6.45) is 5.81. The van der Waals surface area contributed by atoms with Crippen LogP contribution in [0.15, 0.2) is 12.1 Å². The Labute approximate surface area is 123 Å². The van der Waals surface area contributed by atoms with Gasteiger partial charge in [-0.2, -0.15) is 0 Å². The van der Waals surface area contributed by atoms with E-state index in [1.165, 1.54) is 12.8 Å².